The van der Waals surface area contributed by atoms with Gasteiger partial charge in [-0.05, 0) is 27.2 Å². The summed E-state index contributed by atoms with van der Waals surface area (Å²) < 4.78 is 33.8. The minimum atomic E-state index is -3.40. The number of ether oxygens (including phenoxy) is 1. The van der Waals surface area contributed by atoms with Crippen LogP contribution in [0, 0.1) is 0 Å². The van der Waals surface area contributed by atoms with Gasteiger partial charge in [-0.15, -0.1) is 0 Å². The van der Waals surface area contributed by atoms with Crippen LogP contribution in [-0.4, -0.2) is 61.0 Å². The number of hydrogen-bond donors (Lipinski definition) is 1. The third kappa shape index (κ3) is 2.55. The van der Waals surface area contributed by atoms with E-state index in [2.05, 4.69) is 0 Å². The largest absolute Gasteiger partial charge is 0.373 e. The van der Waals surface area contributed by atoms with E-state index in [1.807, 2.05) is 20.8 Å². The van der Waals surface area contributed by atoms with Gasteiger partial charge in [0.15, 0.2) is 0 Å². The Morgan fingerprint density at radius 2 is 1.72 bits per heavy atom. The van der Waals surface area contributed by atoms with Gasteiger partial charge in [-0.25, -0.2) is 0 Å². The van der Waals surface area contributed by atoms with Gasteiger partial charge in [-0.2, -0.15) is 17.0 Å². The molecule has 2 aliphatic heterocycles. The molecule has 0 aliphatic carbocycles. The van der Waals surface area contributed by atoms with Gasteiger partial charge in [0, 0.05) is 31.7 Å². The van der Waals surface area contributed by atoms with E-state index in [-0.39, 0.29) is 24.3 Å². The molecule has 4 atom stereocenters. The first kappa shape index (κ1) is 14.2. The molecule has 2 rings (SSSR count). The zero-order chi connectivity index (χ0) is 13.5. The molecule has 7 heteroatoms. The van der Waals surface area contributed by atoms with E-state index in [1.54, 1.807) is 0 Å². The van der Waals surface area contributed by atoms with E-state index in [0.29, 0.717) is 19.6 Å². The smallest absolute Gasteiger partial charge is 0.282 e. The monoisotopic (exact) mass is 277 g/mol. The first-order chi connectivity index (χ1) is 8.32. The van der Waals surface area contributed by atoms with E-state index in [4.69, 9.17) is 10.5 Å². The summed E-state index contributed by atoms with van der Waals surface area (Å²) in [5.41, 5.74) is 5.90. The molecule has 2 aliphatic rings. The van der Waals surface area contributed by atoms with Crippen molar-refractivity contribution < 1.29 is 13.2 Å². The Morgan fingerprint density at radius 3 is 2.17 bits per heavy atom. The molecule has 0 amide bonds. The summed E-state index contributed by atoms with van der Waals surface area (Å²) in [6, 6.07) is -0.181. The maximum Gasteiger partial charge on any atom is 0.282 e. The third-order valence-corrected chi connectivity index (χ3v) is 5.82. The van der Waals surface area contributed by atoms with Gasteiger partial charge in [0.25, 0.3) is 10.2 Å². The molecule has 0 bridgehead atoms. The molecule has 0 saturated carbocycles. The van der Waals surface area contributed by atoms with Crippen LogP contribution in [0.25, 0.3) is 0 Å². The molecule has 2 heterocycles. The summed E-state index contributed by atoms with van der Waals surface area (Å²) >= 11 is 0. The molecular formula is C11H23N3O3S. The van der Waals surface area contributed by atoms with Crippen molar-refractivity contribution in [3.05, 3.63) is 0 Å². The van der Waals surface area contributed by atoms with Gasteiger partial charge in [-0.3, -0.25) is 0 Å². The van der Waals surface area contributed by atoms with Crippen molar-refractivity contribution in [3.8, 4) is 0 Å². The van der Waals surface area contributed by atoms with Crippen molar-refractivity contribution in [2.24, 2.45) is 5.73 Å². The molecule has 0 aromatic carbocycles. The van der Waals surface area contributed by atoms with Crippen LogP contribution < -0.4 is 5.73 Å². The second kappa shape index (κ2) is 5.05. The molecule has 2 fully saturated rings. The fourth-order valence-electron chi connectivity index (χ4n) is 2.73. The summed E-state index contributed by atoms with van der Waals surface area (Å²) in [7, 11) is -3.40. The highest BCUT2D eigenvalue weighted by Crippen LogP contribution is 2.24. The Kier molecular flexibility index (Phi) is 3.99. The van der Waals surface area contributed by atoms with Crippen molar-refractivity contribution in [2.45, 2.75) is 51.5 Å². The summed E-state index contributed by atoms with van der Waals surface area (Å²) in [5, 5.41) is 0. The fourth-order valence-corrected chi connectivity index (χ4v) is 4.73. The van der Waals surface area contributed by atoms with E-state index in [1.165, 1.54) is 8.61 Å². The molecule has 0 aromatic rings. The van der Waals surface area contributed by atoms with Crippen molar-refractivity contribution in [1.82, 2.24) is 8.61 Å². The van der Waals surface area contributed by atoms with Crippen LogP contribution in [0.4, 0.5) is 0 Å². The normalized spacial score (nSPS) is 40.2. The average Bonchev–Trinajstić information content (AvgIpc) is 2.58. The third-order valence-electron chi connectivity index (χ3n) is 3.77. The van der Waals surface area contributed by atoms with Crippen LogP contribution in [0.1, 0.15) is 27.2 Å². The van der Waals surface area contributed by atoms with Gasteiger partial charge < -0.3 is 10.5 Å². The fraction of sp³-hybridized carbons (Fsp3) is 1.00. The van der Waals surface area contributed by atoms with Gasteiger partial charge in [0.05, 0.1) is 12.2 Å². The van der Waals surface area contributed by atoms with Crippen LogP contribution in [0.3, 0.4) is 0 Å². The lowest BCUT2D eigenvalue weighted by Gasteiger charge is -2.37. The van der Waals surface area contributed by atoms with Crippen LogP contribution in [0.2, 0.25) is 0 Å². The topological polar surface area (TPSA) is 75.9 Å². The second-order valence-corrected chi connectivity index (χ2v) is 7.27. The first-order valence-electron chi connectivity index (χ1n) is 6.50. The Bertz CT molecular complexity index is 390. The summed E-state index contributed by atoms with van der Waals surface area (Å²) in [4.78, 5) is 0. The number of morpholine rings is 1. The molecule has 2 N–H and O–H groups in total. The minimum Gasteiger partial charge on any atom is -0.373 e. The highest BCUT2D eigenvalue weighted by molar-refractivity contribution is 7.86. The lowest BCUT2D eigenvalue weighted by molar-refractivity contribution is -0.0455. The second-order valence-electron chi connectivity index (χ2n) is 5.39. The lowest BCUT2D eigenvalue weighted by atomic mass is 10.2. The highest BCUT2D eigenvalue weighted by atomic mass is 32.2. The maximum absolute atomic E-state index is 12.6. The average molecular weight is 277 g/mol. The zero-order valence-corrected chi connectivity index (χ0v) is 12.1. The van der Waals surface area contributed by atoms with E-state index in [0.717, 1.165) is 6.42 Å². The Labute approximate surface area is 109 Å². The molecule has 106 valence electrons. The molecule has 6 nitrogen and oxygen atoms in total. The Hall–Kier alpha value is -0.210. The predicted octanol–water partition coefficient (Wildman–Crippen LogP) is -0.238. The lowest BCUT2D eigenvalue weighted by Crippen LogP contribution is -2.54. The summed E-state index contributed by atoms with van der Waals surface area (Å²) in [6.07, 6.45) is 0.612. The molecule has 0 aromatic heterocycles. The molecule has 0 radical (unpaired) electrons. The minimum absolute atomic E-state index is 0.0596. The van der Waals surface area contributed by atoms with Gasteiger partial charge in [0.2, 0.25) is 0 Å². The SMILES string of the molecule is CC1CN(S(=O)(=O)N2CCC(N)C2C)CC(C)O1. The van der Waals surface area contributed by atoms with Crippen LogP contribution >= 0.6 is 0 Å². The quantitative estimate of drug-likeness (QED) is 0.756. The van der Waals surface area contributed by atoms with E-state index >= 15 is 0 Å². The van der Waals surface area contributed by atoms with E-state index < -0.39 is 10.2 Å². The van der Waals surface area contributed by atoms with Gasteiger partial charge in [-0.1, -0.05) is 0 Å². The van der Waals surface area contributed by atoms with Crippen LogP contribution in [0.5, 0.6) is 0 Å². The Morgan fingerprint density at radius 1 is 1.17 bits per heavy atom. The standard InChI is InChI=1S/C11H23N3O3S/c1-8-6-13(7-9(2)17-8)18(15,16)14-5-4-11(12)10(14)3/h8-11H,4-7,12H2,1-3H3. The molecule has 2 saturated heterocycles. The number of nitrogens with zero attached hydrogens (tertiary/aromatic N) is 2. The van der Waals surface area contributed by atoms with Crippen molar-refractivity contribution in [1.29, 1.82) is 0 Å². The Balaban J connectivity index is 2.15. The maximum atomic E-state index is 12.6. The van der Waals surface area contributed by atoms with E-state index in [9.17, 15) is 8.42 Å². The number of hydrogen-bond acceptors (Lipinski definition) is 4. The van der Waals surface area contributed by atoms with Crippen LogP contribution in [-0.2, 0) is 14.9 Å². The van der Waals surface area contributed by atoms with Crippen LogP contribution in [0.15, 0.2) is 0 Å². The molecular weight excluding hydrogens is 254 g/mol. The van der Waals surface area contributed by atoms with Crippen molar-refractivity contribution >= 4 is 10.2 Å². The van der Waals surface area contributed by atoms with Crippen molar-refractivity contribution in [3.63, 3.8) is 0 Å². The summed E-state index contributed by atoms with van der Waals surface area (Å²) in [6.45, 7) is 7.04. The molecule has 18 heavy (non-hydrogen) atoms. The number of nitrogens with two attached hydrogens (primary N) is 1. The van der Waals surface area contributed by atoms with Crippen molar-refractivity contribution in [2.75, 3.05) is 19.6 Å². The zero-order valence-electron chi connectivity index (χ0n) is 11.2. The summed E-state index contributed by atoms with van der Waals surface area (Å²) in [5.74, 6) is 0. The molecule has 0 spiro atoms. The predicted molar refractivity (Wildman–Crippen MR) is 69.3 cm³/mol. The highest BCUT2D eigenvalue weighted by Gasteiger charge is 2.41. The first-order valence-corrected chi connectivity index (χ1v) is 7.90. The van der Waals surface area contributed by atoms with Gasteiger partial charge in [0.1, 0.15) is 0 Å². The number of rotatable bonds is 2. The van der Waals surface area contributed by atoms with Gasteiger partial charge >= 0.3 is 0 Å². The molecule has 4 unspecified atom stereocenters.